The molecule has 0 aromatic carbocycles. The van der Waals surface area contributed by atoms with Crippen LogP contribution >= 0.6 is 0 Å². The molecule has 0 aliphatic rings. The van der Waals surface area contributed by atoms with Crippen LogP contribution in [0.25, 0.3) is 0 Å². The average molecular weight is 65.3 g/mol. The van der Waals surface area contributed by atoms with E-state index in [1.807, 2.05) is 0 Å². The van der Waals surface area contributed by atoms with Gasteiger partial charge in [0.2, 0.25) is 0 Å². The monoisotopic (exact) mass is 65.0 g/mol. The van der Waals surface area contributed by atoms with Gasteiger partial charge in [0, 0.05) is 0 Å². The van der Waals surface area contributed by atoms with Crippen molar-refractivity contribution in [3.05, 3.63) is 0 Å². The molecule has 0 heterocycles. The van der Waals surface area contributed by atoms with E-state index >= 15 is 0 Å². The van der Waals surface area contributed by atoms with Gasteiger partial charge >= 0.3 is 33.2 Å². The van der Waals surface area contributed by atoms with Gasteiger partial charge in [0.05, 0.1) is 0 Å². The second-order valence-electron chi connectivity index (χ2n) is 0. The fourth-order valence-corrected chi connectivity index (χ4v) is 0. The summed E-state index contributed by atoms with van der Waals surface area (Å²) in [6.45, 7) is 0. The molecule has 0 rings (SSSR count). The molecular weight excluding hydrogens is 65.3 g/mol. The van der Waals surface area contributed by atoms with E-state index in [1.165, 1.54) is 0 Å². The smallest absolute Gasteiger partial charge is 2.00 e. The van der Waals surface area contributed by atoms with Crippen molar-refractivity contribution < 1.29 is 11.0 Å². The Morgan fingerprint density at radius 1 is 0.750 bits per heavy atom. The van der Waals surface area contributed by atoms with Crippen LogP contribution < -0.4 is 0 Å². The van der Waals surface area contributed by atoms with Crippen LogP contribution in [0.15, 0.2) is 0 Å². The summed E-state index contributed by atoms with van der Waals surface area (Å²) in [5, 5.41) is 0. The summed E-state index contributed by atoms with van der Waals surface area (Å²) in [5.41, 5.74) is 0. The van der Waals surface area contributed by atoms with Crippen LogP contribution in [0.4, 0.5) is 0 Å². The molecule has 0 saturated carbocycles. The van der Waals surface area contributed by atoms with E-state index in [4.69, 9.17) is 0 Å². The van der Waals surface area contributed by atoms with E-state index in [-0.39, 0.29) is 44.1 Å². The molecule has 0 amide bonds. The van der Waals surface area contributed by atoms with Gasteiger partial charge in [0.15, 0.2) is 0 Å². The molecule has 0 radical (unpaired) electrons. The molecule has 0 unspecified atom stereocenters. The summed E-state index contributed by atoms with van der Waals surface area (Å²) in [6, 6.07) is 0. The molecular formula is BeMgO2. The molecule has 0 bridgehead atoms. The summed E-state index contributed by atoms with van der Waals surface area (Å²) in [4.78, 5) is 0. The van der Waals surface area contributed by atoms with Gasteiger partial charge in [-0.3, -0.25) is 0 Å². The van der Waals surface area contributed by atoms with Crippen LogP contribution in [0.3, 0.4) is 0 Å². The van der Waals surface area contributed by atoms with E-state index in [0.717, 1.165) is 0 Å². The van der Waals surface area contributed by atoms with Crippen molar-refractivity contribution in [3.63, 3.8) is 0 Å². The Bertz CT molecular complexity index is 6.00. The molecule has 0 spiro atoms. The zero-order valence-electron chi connectivity index (χ0n) is 2.23. The van der Waals surface area contributed by atoms with Crippen molar-refractivity contribution in [1.82, 2.24) is 0 Å². The zero-order chi connectivity index (χ0) is 0. The molecule has 16 valence electrons. The summed E-state index contributed by atoms with van der Waals surface area (Å²) < 4.78 is 0. The molecule has 4 heavy (non-hydrogen) atoms. The quantitative estimate of drug-likeness (QED) is 0.325. The van der Waals surface area contributed by atoms with E-state index in [1.54, 1.807) is 0 Å². The van der Waals surface area contributed by atoms with E-state index in [2.05, 4.69) is 0 Å². The van der Waals surface area contributed by atoms with Gasteiger partial charge in [-0.1, -0.05) is 0 Å². The fraction of sp³-hybridized carbons (Fsp3) is 0. The SMILES string of the molecule is [Be+2].[Mg+2].[O-2].[O-2]. The van der Waals surface area contributed by atoms with Crippen LogP contribution in [0, 0.1) is 0 Å². The summed E-state index contributed by atoms with van der Waals surface area (Å²) >= 11 is 0. The van der Waals surface area contributed by atoms with Crippen molar-refractivity contribution >= 4 is 33.2 Å². The molecule has 0 aromatic rings. The van der Waals surface area contributed by atoms with Gasteiger partial charge < -0.3 is 11.0 Å². The van der Waals surface area contributed by atoms with Gasteiger partial charge in [-0.15, -0.1) is 0 Å². The summed E-state index contributed by atoms with van der Waals surface area (Å²) in [7, 11) is 0. The summed E-state index contributed by atoms with van der Waals surface area (Å²) in [5.74, 6) is 0. The van der Waals surface area contributed by atoms with Crippen molar-refractivity contribution in [2.75, 3.05) is 0 Å². The maximum absolute atomic E-state index is 0. The number of hydrogen-bond donors (Lipinski definition) is 0. The Morgan fingerprint density at radius 3 is 0.750 bits per heavy atom. The average Bonchev–Trinajstić information content (AvgIpc) is 0. The topological polar surface area (TPSA) is 57.0 Å². The van der Waals surface area contributed by atoms with Crippen LogP contribution in [0.5, 0.6) is 0 Å². The van der Waals surface area contributed by atoms with Gasteiger partial charge in [0.1, 0.15) is 0 Å². The van der Waals surface area contributed by atoms with Gasteiger partial charge in [-0.05, 0) is 0 Å². The molecule has 2 nitrogen and oxygen atoms in total. The molecule has 0 saturated heterocycles. The third-order valence-electron chi connectivity index (χ3n) is 0. The Hall–Kier alpha value is 0.855. The molecule has 0 fully saturated rings. The molecule has 0 aliphatic heterocycles. The van der Waals surface area contributed by atoms with Gasteiger partial charge in [-0.2, -0.15) is 0 Å². The number of hydrogen-bond acceptors (Lipinski definition) is 0. The first-order chi connectivity index (χ1) is 0. The second kappa shape index (κ2) is 43.0. The maximum atomic E-state index is 0. The molecule has 0 atom stereocenters. The first kappa shape index (κ1) is 98.7. The van der Waals surface area contributed by atoms with Crippen molar-refractivity contribution in [3.8, 4) is 0 Å². The normalized spacial score (nSPS) is 0. The first-order valence-electron chi connectivity index (χ1n) is 0. The summed E-state index contributed by atoms with van der Waals surface area (Å²) in [6.07, 6.45) is 0. The minimum absolute atomic E-state index is 0. The van der Waals surface area contributed by atoms with Gasteiger partial charge in [-0.25, -0.2) is 0 Å². The van der Waals surface area contributed by atoms with Crippen LogP contribution in [0.1, 0.15) is 0 Å². The fourth-order valence-electron chi connectivity index (χ4n) is 0. The van der Waals surface area contributed by atoms with Crippen LogP contribution in [0.2, 0.25) is 0 Å². The van der Waals surface area contributed by atoms with Crippen LogP contribution in [-0.4, -0.2) is 33.2 Å². The largest absolute Gasteiger partial charge is 2.00 e. The minimum atomic E-state index is 0. The van der Waals surface area contributed by atoms with E-state index in [9.17, 15) is 0 Å². The van der Waals surface area contributed by atoms with E-state index in [0.29, 0.717) is 0 Å². The Labute approximate surface area is 44.6 Å². The maximum Gasteiger partial charge on any atom is 2.00 e. The molecule has 0 aliphatic carbocycles. The Morgan fingerprint density at radius 2 is 0.750 bits per heavy atom. The Kier molecular flexibility index (Phi) is 1060. The molecule has 0 aromatic heterocycles. The Balaban J connectivity index is 0. The van der Waals surface area contributed by atoms with Crippen LogP contribution in [-0.2, 0) is 11.0 Å². The predicted molar refractivity (Wildman–Crippen MR) is 12.9 cm³/mol. The van der Waals surface area contributed by atoms with E-state index < -0.39 is 0 Å². The molecule has 4 heteroatoms. The predicted octanol–water partition coefficient (Wildman–Crippen LogP) is -0.999. The first-order valence-corrected chi connectivity index (χ1v) is 0. The van der Waals surface area contributed by atoms with Crippen molar-refractivity contribution in [1.29, 1.82) is 0 Å². The second-order valence-corrected chi connectivity index (χ2v) is 0. The van der Waals surface area contributed by atoms with Crippen molar-refractivity contribution in [2.24, 2.45) is 0 Å². The molecule has 0 N–H and O–H groups in total. The van der Waals surface area contributed by atoms with Gasteiger partial charge in [0.25, 0.3) is 0 Å². The third-order valence-corrected chi connectivity index (χ3v) is 0. The van der Waals surface area contributed by atoms with Crippen molar-refractivity contribution in [2.45, 2.75) is 0 Å². The number of rotatable bonds is 0. The zero-order valence-corrected chi connectivity index (χ0v) is 3.64. The third kappa shape index (κ3) is 13.4. The minimum Gasteiger partial charge on any atom is -2.00 e. The standard InChI is InChI=1S/Be.Mg.2O/q2*+2;2*-2.